The molecule has 4 bridgehead atoms. The highest BCUT2D eigenvalue weighted by atomic mass is 16.7. The Morgan fingerprint density at radius 1 is 1.06 bits per heavy atom. The molecular formula is C27H34O7. The fourth-order valence-electron chi connectivity index (χ4n) is 9.44. The molecule has 3 saturated carbocycles. The molecule has 0 spiro atoms. The largest absolute Gasteiger partial charge is 0.459 e. The van der Waals surface area contributed by atoms with E-state index in [1.807, 2.05) is 33.8 Å². The van der Waals surface area contributed by atoms with Gasteiger partial charge in [-0.15, -0.1) is 0 Å². The summed E-state index contributed by atoms with van der Waals surface area (Å²) in [7, 11) is 0. The van der Waals surface area contributed by atoms with Gasteiger partial charge in [-0.1, -0.05) is 26.0 Å². The van der Waals surface area contributed by atoms with Gasteiger partial charge in [0.15, 0.2) is 11.6 Å². The van der Waals surface area contributed by atoms with E-state index in [-0.39, 0.29) is 59.3 Å². The number of carbonyl (C=O) groups excluding carboxylic acids is 2. The third-order valence-electron chi connectivity index (χ3n) is 11.2. The molecule has 4 aliphatic carbocycles. The number of allylic oxidation sites excluding steroid dienone is 3. The van der Waals surface area contributed by atoms with Gasteiger partial charge in [0.2, 0.25) is 0 Å². The molecule has 3 saturated heterocycles. The Bertz CT molecular complexity index is 1050. The Labute approximate surface area is 199 Å². The molecule has 34 heavy (non-hydrogen) atoms. The van der Waals surface area contributed by atoms with E-state index in [0.717, 1.165) is 12.0 Å². The lowest BCUT2D eigenvalue weighted by molar-refractivity contribution is -0.363. The molecule has 7 aliphatic rings. The molecule has 0 amide bonds. The highest BCUT2D eigenvalue weighted by molar-refractivity contribution is 5.99. The maximum atomic E-state index is 13.3. The van der Waals surface area contributed by atoms with Gasteiger partial charge in [0.25, 0.3) is 0 Å². The van der Waals surface area contributed by atoms with Crippen LogP contribution < -0.4 is 0 Å². The average Bonchev–Trinajstić information content (AvgIpc) is 3.38. The van der Waals surface area contributed by atoms with Crippen molar-refractivity contribution in [3.63, 3.8) is 0 Å². The second kappa shape index (κ2) is 6.41. The fourth-order valence-corrected chi connectivity index (χ4v) is 9.44. The number of hydrogen-bond donors (Lipinski definition) is 2. The summed E-state index contributed by atoms with van der Waals surface area (Å²) in [6.07, 6.45) is 5.26. The third-order valence-corrected chi connectivity index (χ3v) is 11.2. The van der Waals surface area contributed by atoms with Crippen molar-refractivity contribution in [1.29, 1.82) is 0 Å². The Hall–Kier alpha value is -1.54. The first kappa shape index (κ1) is 21.7. The molecule has 0 radical (unpaired) electrons. The lowest BCUT2D eigenvalue weighted by Gasteiger charge is -2.62. The normalized spacial score (nSPS) is 61.1. The molecule has 0 aromatic carbocycles. The summed E-state index contributed by atoms with van der Waals surface area (Å²) in [5.41, 5.74) is -1.19. The molecule has 3 aliphatic heterocycles. The van der Waals surface area contributed by atoms with Gasteiger partial charge in [-0.3, -0.25) is 9.59 Å². The number of aliphatic hydroxyl groups excluding tert-OH is 1. The molecule has 7 heteroatoms. The van der Waals surface area contributed by atoms with Crippen molar-refractivity contribution in [3.05, 3.63) is 23.8 Å². The molecule has 3 heterocycles. The van der Waals surface area contributed by atoms with Crippen molar-refractivity contribution >= 4 is 11.8 Å². The zero-order valence-corrected chi connectivity index (χ0v) is 20.1. The number of rotatable bonds is 1. The SMILES string of the molecule is C[C@H]1[C@H]([C@H]2O[C@]34C[C@H]5[C@@H](C[C@@H](O)C6=CC=CC(=O)[C@@]65C)[C@@H]5C[C@H](O3)[C@@H]([C@@H]54)[C@@]2(C)O)OC(=O)[C@@H]1C. The number of cyclic esters (lactones) is 1. The molecule has 184 valence electrons. The first-order valence-electron chi connectivity index (χ1n) is 12.9. The number of esters is 1. The van der Waals surface area contributed by atoms with Crippen LogP contribution in [-0.2, 0) is 23.8 Å². The van der Waals surface area contributed by atoms with Crippen molar-refractivity contribution in [2.24, 2.45) is 46.8 Å². The monoisotopic (exact) mass is 470 g/mol. The minimum absolute atomic E-state index is 0.00500. The van der Waals surface area contributed by atoms with E-state index in [0.29, 0.717) is 12.8 Å². The molecule has 7 nitrogen and oxygen atoms in total. The first-order valence-corrected chi connectivity index (χ1v) is 12.9. The Kier molecular flexibility index (Phi) is 4.10. The van der Waals surface area contributed by atoms with Crippen LogP contribution in [0.2, 0.25) is 0 Å². The zero-order valence-electron chi connectivity index (χ0n) is 20.1. The number of fused-ring (bicyclic) bond motifs is 4. The maximum absolute atomic E-state index is 13.3. The molecular weight excluding hydrogens is 436 g/mol. The summed E-state index contributed by atoms with van der Waals surface area (Å²) < 4.78 is 19.2. The highest BCUT2D eigenvalue weighted by Crippen LogP contribution is 2.72. The van der Waals surface area contributed by atoms with Crippen LogP contribution >= 0.6 is 0 Å². The number of ether oxygens (including phenoxy) is 3. The second-order valence-electron chi connectivity index (χ2n) is 12.5. The topological polar surface area (TPSA) is 102 Å². The van der Waals surface area contributed by atoms with E-state index in [9.17, 15) is 19.8 Å². The van der Waals surface area contributed by atoms with Gasteiger partial charge in [0, 0.05) is 24.2 Å². The number of carbonyl (C=O) groups is 2. The summed E-state index contributed by atoms with van der Waals surface area (Å²) in [6.45, 7) is 7.64. The van der Waals surface area contributed by atoms with Gasteiger partial charge in [0.1, 0.15) is 12.2 Å². The van der Waals surface area contributed by atoms with Crippen molar-refractivity contribution in [3.8, 4) is 0 Å². The van der Waals surface area contributed by atoms with Crippen LogP contribution in [0.25, 0.3) is 0 Å². The van der Waals surface area contributed by atoms with Crippen LogP contribution in [0.5, 0.6) is 0 Å². The fraction of sp³-hybridized carbons (Fsp3) is 0.778. The minimum Gasteiger partial charge on any atom is -0.459 e. The van der Waals surface area contributed by atoms with Crippen molar-refractivity contribution in [1.82, 2.24) is 0 Å². The van der Waals surface area contributed by atoms with Crippen molar-refractivity contribution in [2.45, 2.75) is 82.8 Å². The van der Waals surface area contributed by atoms with Crippen LogP contribution in [-0.4, -0.2) is 57.8 Å². The van der Waals surface area contributed by atoms with Gasteiger partial charge in [-0.25, -0.2) is 0 Å². The van der Waals surface area contributed by atoms with Gasteiger partial charge < -0.3 is 24.4 Å². The Morgan fingerprint density at radius 2 is 1.82 bits per heavy atom. The predicted octanol–water partition coefficient (Wildman–Crippen LogP) is 2.15. The maximum Gasteiger partial charge on any atom is 0.309 e. The molecule has 6 fully saturated rings. The third kappa shape index (κ3) is 2.29. The van der Waals surface area contributed by atoms with Gasteiger partial charge in [-0.2, -0.15) is 0 Å². The van der Waals surface area contributed by atoms with Crippen molar-refractivity contribution in [2.75, 3.05) is 0 Å². The lowest BCUT2D eigenvalue weighted by atomic mass is 9.47. The van der Waals surface area contributed by atoms with E-state index in [2.05, 4.69) is 0 Å². The van der Waals surface area contributed by atoms with Gasteiger partial charge in [-0.05, 0) is 56.1 Å². The molecule has 2 N–H and O–H groups in total. The molecule has 14 atom stereocenters. The van der Waals surface area contributed by atoms with Crippen LogP contribution in [0.3, 0.4) is 0 Å². The summed E-state index contributed by atoms with van der Waals surface area (Å²) in [5.74, 6) is -1.20. The van der Waals surface area contributed by atoms with Gasteiger partial charge >= 0.3 is 5.97 Å². The van der Waals surface area contributed by atoms with E-state index in [4.69, 9.17) is 14.2 Å². The van der Waals surface area contributed by atoms with Gasteiger partial charge in [0.05, 0.1) is 29.1 Å². The zero-order chi connectivity index (χ0) is 23.9. The summed E-state index contributed by atoms with van der Waals surface area (Å²) >= 11 is 0. The number of ketones is 1. The van der Waals surface area contributed by atoms with Crippen LogP contribution in [0.15, 0.2) is 23.8 Å². The first-order chi connectivity index (χ1) is 16.0. The standard InChI is InChI=1S/C27H34O7/c1-11-12(2)24(30)32-22(11)23-26(4,31)21-18-9-14-13-8-17(28)15-6-5-7-19(29)25(15,3)16(13)10-27(33-18,34-23)20(14)21/h5-7,11-14,16-18,20-23,28,31H,8-10H2,1-4H3/t11-,12-,13+,14+,16+,17-,18+,20-,21+,22-,23-,25+,26-,27+/m1/s1. The number of aliphatic hydroxyl groups is 2. The minimum atomic E-state index is -1.20. The Balaban J connectivity index is 1.31. The van der Waals surface area contributed by atoms with E-state index < -0.39 is 35.1 Å². The molecule has 0 aromatic rings. The van der Waals surface area contributed by atoms with E-state index in [1.165, 1.54) is 0 Å². The summed E-state index contributed by atoms with van der Waals surface area (Å²) in [4.78, 5) is 25.7. The summed E-state index contributed by atoms with van der Waals surface area (Å²) in [5, 5.41) is 23.0. The van der Waals surface area contributed by atoms with Crippen molar-refractivity contribution < 1.29 is 34.0 Å². The predicted molar refractivity (Wildman–Crippen MR) is 119 cm³/mol. The average molecular weight is 471 g/mol. The molecule has 0 aromatic heterocycles. The van der Waals surface area contributed by atoms with Crippen LogP contribution in [0, 0.1) is 46.8 Å². The quantitative estimate of drug-likeness (QED) is 0.566. The number of hydrogen-bond acceptors (Lipinski definition) is 7. The molecule has 0 unspecified atom stereocenters. The molecule has 7 rings (SSSR count). The van der Waals surface area contributed by atoms with E-state index >= 15 is 0 Å². The highest BCUT2D eigenvalue weighted by Gasteiger charge is 2.79. The smallest absolute Gasteiger partial charge is 0.309 e. The van der Waals surface area contributed by atoms with E-state index in [1.54, 1.807) is 12.2 Å². The Morgan fingerprint density at radius 3 is 2.53 bits per heavy atom. The van der Waals surface area contributed by atoms with Crippen LogP contribution in [0.1, 0.15) is 47.0 Å². The van der Waals surface area contributed by atoms with Crippen LogP contribution in [0.4, 0.5) is 0 Å². The summed E-state index contributed by atoms with van der Waals surface area (Å²) in [6, 6.07) is 0. The second-order valence-corrected chi connectivity index (χ2v) is 12.5. The lowest BCUT2D eigenvalue weighted by Crippen LogP contribution is -2.69.